The Bertz CT molecular complexity index is 962. The third-order valence-corrected chi connectivity index (χ3v) is 4.21. The highest BCUT2D eigenvalue weighted by Gasteiger charge is 2.12. The van der Waals surface area contributed by atoms with E-state index < -0.39 is 0 Å². The Labute approximate surface area is 151 Å². The van der Waals surface area contributed by atoms with Crippen LogP contribution in [-0.4, -0.2) is 22.1 Å². The number of pyridine rings is 1. The molecule has 0 amide bonds. The third-order valence-electron chi connectivity index (χ3n) is 4.21. The lowest BCUT2D eigenvalue weighted by Gasteiger charge is -2.16. The molecule has 5 nitrogen and oxygen atoms in total. The Morgan fingerprint density at radius 1 is 0.962 bits per heavy atom. The van der Waals surface area contributed by atoms with E-state index in [4.69, 9.17) is 8.94 Å². The van der Waals surface area contributed by atoms with Gasteiger partial charge in [0.25, 0.3) is 0 Å². The minimum atomic E-state index is 0.671. The normalized spacial score (nSPS) is 11.2. The summed E-state index contributed by atoms with van der Waals surface area (Å²) in [6, 6.07) is 18.0. The molecule has 0 saturated carbocycles. The summed E-state index contributed by atoms with van der Waals surface area (Å²) in [4.78, 5) is 6.22. The molecule has 0 saturated heterocycles. The van der Waals surface area contributed by atoms with Gasteiger partial charge in [-0.3, -0.25) is 9.88 Å². The molecule has 0 radical (unpaired) electrons. The van der Waals surface area contributed by atoms with Crippen LogP contribution in [0.2, 0.25) is 0 Å². The first kappa shape index (κ1) is 16.3. The quantitative estimate of drug-likeness (QED) is 0.510. The zero-order chi connectivity index (χ0) is 17.8. The largest absolute Gasteiger partial charge is 0.464 e. The summed E-state index contributed by atoms with van der Waals surface area (Å²) in [7, 11) is 2.06. The van der Waals surface area contributed by atoms with Crippen molar-refractivity contribution in [3.63, 3.8) is 0 Å². The van der Waals surface area contributed by atoms with E-state index in [9.17, 15) is 0 Å². The van der Waals surface area contributed by atoms with E-state index in [-0.39, 0.29) is 0 Å². The minimum absolute atomic E-state index is 0.671. The maximum Gasteiger partial charge on any atom is 0.151 e. The summed E-state index contributed by atoms with van der Waals surface area (Å²) in [5.41, 5.74) is 4.14. The maximum absolute atomic E-state index is 5.56. The Hall–Kier alpha value is -3.18. The van der Waals surface area contributed by atoms with Crippen LogP contribution in [0.4, 0.5) is 0 Å². The van der Waals surface area contributed by atoms with E-state index in [0.29, 0.717) is 6.54 Å². The summed E-state index contributed by atoms with van der Waals surface area (Å²) in [6.45, 7) is 1.45. The topological polar surface area (TPSA) is 55.3 Å². The van der Waals surface area contributed by atoms with Crippen LogP contribution < -0.4 is 0 Å². The highest BCUT2D eigenvalue weighted by molar-refractivity contribution is 5.62. The summed E-state index contributed by atoms with van der Waals surface area (Å²) in [5.74, 6) is 1.71. The first-order valence-corrected chi connectivity index (χ1v) is 8.46. The number of hydrogen-bond acceptors (Lipinski definition) is 5. The first-order valence-electron chi connectivity index (χ1n) is 8.46. The van der Waals surface area contributed by atoms with Crippen molar-refractivity contribution in [3.05, 3.63) is 84.6 Å². The van der Waals surface area contributed by atoms with Crippen LogP contribution in [0, 0.1) is 0 Å². The van der Waals surface area contributed by atoms with E-state index >= 15 is 0 Å². The summed E-state index contributed by atoms with van der Waals surface area (Å²) in [6.07, 6.45) is 5.20. The predicted molar refractivity (Wildman–Crippen MR) is 99.0 cm³/mol. The zero-order valence-electron chi connectivity index (χ0n) is 14.5. The van der Waals surface area contributed by atoms with Crippen LogP contribution in [0.5, 0.6) is 0 Å². The Balaban J connectivity index is 1.47. The van der Waals surface area contributed by atoms with Crippen molar-refractivity contribution in [3.8, 4) is 22.6 Å². The van der Waals surface area contributed by atoms with Gasteiger partial charge in [0.05, 0.1) is 12.8 Å². The van der Waals surface area contributed by atoms with Crippen LogP contribution in [0.15, 0.2) is 82.2 Å². The van der Waals surface area contributed by atoms with Gasteiger partial charge in [-0.05, 0) is 36.9 Å². The maximum atomic E-state index is 5.56. The fourth-order valence-corrected chi connectivity index (χ4v) is 2.99. The monoisotopic (exact) mass is 345 g/mol. The molecule has 0 bridgehead atoms. The average molecular weight is 345 g/mol. The van der Waals surface area contributed by atoms with Gasteiger partial charge in [-0.1, -0.05) is 29.4 Å². The molecule has 0 aliphatic heterocycles. The second kappa shape index (κ2) is 7.37. The summed E-state index contributed by atoms with van der Waals surface area (Å²) in [5, 5.41) is 4.16. The molecule has 5 heteroatoms. The second-order valence-electron chi connectivity index (χ2n) is 6.22. The smallest absolute Gasteiger partial charge is 0.151 e. The van der Waals surface area contributed by atoms with E-state index in [1.807, 2.05) is 42.5 Å². The first-order chi connectivity index (χ1) is 12.8. The van der Waals surface area contributed by atoms with Gasteiger partial charge in [0.2, 0.25) is 0 Å². The lowest BCUT2D eigenvalue weighted by Crippen LogP contribution is -2.17. The molecule has 4 aromatic rings. The van der Waals surface area contributed by atoms with Gasteiger partial charge in [-0.25, -0.2) is 0 Å². The molecule has 4 rings (SSSR count). The predicted octanol–water partition coefficient (Wildman–Crippen LogP) is 4.63. The highest BCUT2D eigenvalue weighted by Crippen LogP contribution is 2.25. The molecule has 0 N–H and O–H groups in total. The highest BCUT2D eigenvalue weighted by atomic mass is 16.5. The number of furan rings is 1. The molecule has 0 fully saturated rings. The Kier molecular flexibility index (Phi) is 4.62. The molecule has 0 aliphatic carbocycles. The van der Waals surface area contributed by atoms with Gasteiger partial charge in [0.1, 0.15) is 11.5 Å². The lowest BCUT2D eigenvalue weighted by molar-refractivity contribution is 0.267. The van der Waals surface area contributed by atoms with Crippen molar-refractivity contribution in [1.82, 2.24) is 15.0 Å². The van der Waals surface area contributed by atoms with Crippen LogP contribution >= 0.6 is 0 Å². The van der Waals surface area contributed by atoms with Gasteiger partial charge < -0.3 is 8.94 Å². The molecular weight excluding hydrogens is 326 g/mol. The fourth-order valence-electron chi connectivity index (χ4n) is 2.99. The molecule has 0 atom stereocenters. The van der Waals surface area contributed by atoms with Gasteiger partial charge in [0, 0.05) is 36.1 Å². The van der Waals surface area contributed by atoms with Crippen LogP contribution in [0.1, 0.15) is 11.3 Å². The number of nitrogens with zero attached hydrogens (tertiary/aromatic N) is 3. The van der Waals surface area contributed by atoms with Crippen LogP contribution in [-0.2, 0) is 13.1 Å². The third kappa shape index (κ3) is 3.58. The van der Waals surface area contributed by atoms with Crippen molar-refractivity contribution in [1.29, 1.82) is 0 Å². The van der Waals surface area contributed by atoms with Gasteiger partial charge in [-0.15, -0.1) is 0 Å². The van der Waals surface area contributed by atoms with Gasteiger partial charge >= 0.3 is 0 Å². The number of rotatable bonds is 6. The molecule has 3 heterocycles. The van der Waals surface area contributed by atoms with E-state index in [0.717, 1.165) is 34.9 Å². The van der Waals surface area contributed by atoms with Crippen LogP contribution in [0.25, 0.3) is 22.6 Å². The molecule has 3 aromatic heterocycles. The Morgan fingerprint density at radius 2 is 1.81 bits per heavy atom. The van der Waals surface area contributed by atoms with Crippen molar-refractivity contribution < 1.29 is 8.94 Å². The molecule has 0 aliphatic rings. The van der Waals surface area contributed by atoms with E-state index in [2.05, 4.69) is 34.2 Å². The molecule has 130 valence electrons. The molecule has 0 unspecified atom stereocenters. The summed E-state index contributed by atoms with van der Waals surface area (Å²) < 4.78 is 11.1. The van der Waals surface area contributed by atoms with E-state index in [1.54, 1.807) is 18.7 Å². The Morgan fingerprint density at radius 3 is 2.62 bits per heavy atom. The minimum Gasteiger partial charge on any atom is -0.464 e. The molecule has 26 heavy (non-hydrogen) atoms. The summed E-state index contributed by atoms with van der Waals surface area (Å²) >= 11 is 0. The van der Waals surface area contributed by atoms with Crippen molar-refractivity contribution in [2.75, 3.05) is 7.05 Å². The van der Waals surface area contributed by atoms with Crippen molar-refractivity contribution >= 4 is 0 Å². The SMILES string of the molecule is CN(Cc1cc(-c2ccncc2)no1)Cc1ccccc1-c1ccco1. The molecule has 0 spiro atoms. The standard InChI is InChI=1S/C21H19N3O2/c1-24(14-17-5-2-3-6-19(17)21-7-4-12-25-21)15-18-13-20(23-26-18)16-8-10-22-11-9-16/h2-13H,14-15H2,1H3. The zero-order valence-corrected chi connectivity index (χ0v) is 14.5. The fraction of sp³-hybridized carbons (Fsp3) is 0.143. The van der Waals surface area contributed by atoms with Gasteiger partial charge in [0.15, 0.2) is 5.76 Å². The number of benzene rings is 1. The average Bonchev–Trinajstić information content (AvgIpc) is 3.35. The van der Waals surface area contributed by atoms with Crippen molar-refractivity contribution in [2.24, 2.45) is 0 Å². The lowest BCUT2D eigenvalue weighted by atomic mass is 10.0. The number of hydrogen-bond donors (Lipinski definition) is 0. The number of aromatic nitrogens is 2. The van der Waals surface area contributed by atoms with E-state index in [1.165, 1.54) is 5.56 Å². The molecular formula is C21H19N3O2. The van der Waals surface area contributed by atoms with Crippen LogP contribution in [0.3, 0.4) is 0 Å². The van der Waals surface area contributed by atoms with Crippen molar-refractivity contribution in [2.45, 2.75) is 13.1 Å². The van der Waals surface area contributed by atoms with Gasteiger partial charge in [-0.2, -0.15) is 0 Å². The second-order valence-corrected chi connectivity index (χ2v) is 6.22. The molecule has 1 aromatic carbocycles.